The van der Waals surface area contributed by atoms with Crippen molar-refractivity contribution in [1.82, 2.24) is 4.98 Å². The molecule has 18 heavy (non-hydrogen) atoms. The number of hydrogen-bond donors (Lipinski definition) is 0. The first kappa shape index (κ1) is 13.4. The van der Waals surface area contributed by atoms with Gasteiger partial charge in [-0.3, -0.25) is 4.79 Å². The number of carbonyl (C=O) groups excluding carboxylic acids is 1. The molecule has 0 bridgehead atoms. The van der Waals surface area contributed by atoms with Crippen molar-refractivity contribution in [3.8, 4) is 0 Å². The van der Waals surface area contributed by atoms with Gasteiger partial charge in [-0.25, -0.2) is 9.37 Å². The second-order valence-electron chi connectivity index (χ2n) is 3.95. The number of aryl methyl sites for hydroxylation is 2. The van der Waals surface area contributed by atoms with Gasteiger partial charge in [-0.2, -0.15) is 0 Å². The van der Waals surface area contributed by atoms with Gasteiger partial charge in [0.15, 0.2) is 5.78 Å². The topological polar surface area (TPSA) is 30.0 Å². The third-order valence-electron chi connectivity index (χ3n) is 2.64. The van der Waals surface area contributed by atoms with Crippen LogP contribution in [-0.4, -0.2) is 10.8 Å². The van der Waals surface area contributed by atoms with Crippen LogP contribution in [0.1, 0.15) is 25.9 Å². The molecule has 1 aromatic carbocycles. The average molecular weight is 328 g/mol. The highest BCUT2D eigenvalue weighted by molar-refractivity contribution is 9.10. The normalized spacial score (nSPS) is 10.7. The Morgan fingerprint density at radius 1 is 1.44 bits per heavy atom. The first-order valence-electron chi connectivity index (χ1n) is 5.39. The molecular weight excluding hydrogens is 317 g/mol. The van der Waals surface area contributed by atoms with Crippen LogP contribution in [0.15, 0.2) is 22.7 Å². The van der Waals surface area contributed by atoms with Crippen molar-refractivity contribution in [2.45, 2.75) is 20.3 Å². The van der Waals surface area contributed by atoms with Gasteiger partial charge in [-0.05, 0) is 41.9 Å². The van der Waals surface area contributed by atoms with E-state index in [-0.39, 0.29) is 17.8 Å². The summed E-state index contributed by atoms with van der Waals surface area (Å²) in [5.41, 5.74) is 1.03. The Morgan fingerprint density at radius 3 is 2.78 bits per heavy atom. The highest BCUT2D eigenvalue weighted by atomic mass is 79.9. The molecule has 2 aromatic rings. The Labute approximate surface area is 117 Å². The fourth-order valence-corrected chi connectivity index (χ4v) is 2.87. The summed E-state index contributed by atoms with van der Waals surface area (Å²) in [7, 11) is 0. The quantitative estimate of drug-likeness (QED) is 0.795. The molecule has 1 heterocycles. The third-order valence-corrected chi connectivity index (χ3v) is 4.32. The molecule has 0 atom stereocenters. The van der Waals surface area contributed by atoms with Gasteiger partial charge in [0.05, 0.1) is 22.2 Å². The fraction of sp³-hybridized carbons (Fsp3) is 0.231. The Morgan fingerprint density at radius 2 is 2.17 bits per heavy atom. The van der Waals surface area contributed by atoms with E-state index >= 15 is 0 Å². The van der Waals surface area contributed by atoms with E-state index < -0.39 is 5.82 Å². The van der Waals surface area contributed by atoms with Crippen LogP contribution in [0.3, 0.4) is 0 Å². The monoisotopic (exact) mass is 327 g/mol. The van der Waals surface area contributed by atoms with E-state index in [9.17, 15) is 9.18 Å². The molecule has 0 saturated carbocycles. The molecule has 0 spiro atoms. The second kappa shape index (κ2) is 5.28. The van der Waals surface area contributed by atoms with Crippen LogP contribution in [-0.2, 0) is 6.42 Å². The van der Waals surface area contributed by atoms with E-state index in [1.807, 2.05) is 13.8 Å². The average Bonchev–Trinajstić information content (AvgIpc) is 2.61. The van der Waals surface area contributed by atoms with Crippen LogP contribution in [0.5, 0.6) is 0 Å². The van der Waals surface area contributed by atoms with Crippen molar-refractivity contribution >= 4 is 33.0 Å². The molecule has 2 nitrogen and oxygen atoms in total. The Hall–Kier alpha value is -1.07. The minimum atomic E-state index is -0.507. The van der Waals surface area contributed by atoms with Gasteiger partial charge in [-0.1, -0.05) is 6.07 Å². The first-order valence-corrected chi connectivity index (χ1v) is 7.00. The summed E-state index contributed by atoms with van der Waals surface area (Å²) in [6.07, 6.45) is 0.146. The molecular formula is C13H11BrFNOS. The zero-order valence-corrected chi connectivity index (χ0v) is 12.4. The number of hydrogen-bond acceptors (Lipinski definition) is 3. The van der Waals surface area contributed by atoms with Gasteiger partial charge in [0.25, 0.3) is 0 Å². The van der Waals surface area contributed by atoms with E-state index in [0.717, 1.165) is 15.6 Å². The molecule has 94 valence electrons. The van der Waals surface area contributed by atoms with Gasteiger partial charge >= 0.3 is 0 Å². The molecule has 1 aromatic heterocycles. The number of nitrogens with zero attached hydrogens (tertiary/aromatic N) is 1. The molecule has 0 saturated heterocycles. The lowest BCUT2D eigenvalue weighted by Crippen LogP contribution is -2.06. The number of Topliss-reactive ketones (excluding diaryl/α,β-unsaturated/α-hetero) is 1. The molecule has 5 heteroatoms. The Kier molecular flexibility index (Phi) is 3.92. The van der Waals surface area contributed by atoms with Gasteiger partial charge in [0.2, 0.25) is 0 Å². The Bertz CT molecular complexity index is 590. The number of aromatic nitrogens is 1. The van der Waals surface area contributed by atoms with E-state index in [1.165, 1.54) is 17.4 Å². The molecule has 0 fully saturated rings. The minimum absolute atomic E-state index is 0.106. The molecule has 0 aliphatic rings. The van der Waals surface area contributed by atoms with E-state index in [0.29, 0.717) is 4.47 Å². The molecule has 0 N–H and O–H groups in total. The third kappa shape index (κ3) is 2.67. The zero-order valence-electron chi connectivity index (χ0n) is 9.96. The maximum atomic E-state index is 13.8. The van der Waals surface area contributed by atoms with Crippen LogP contribution in [0.4, 0.5) is 4.39 Å². The zero-order chi connectivity index (χ0) is 13.3. The maximum Gasteiger partial charge on any atom is 0.172 e. The number of rotatable bonds is 3. The summed E-state index contributed by atoms with van der Waals surface area (Å²) >= 11 is 4.56. The standard InChI is InChI=1S/C13H11BrFNOS/c1-7-8(2)18-12(16-7)6-11(17)9-4-3-5-10(14)13(9)15/h3-5H,6H2,1-2H3. The predicted octanol–water partition coefficient (Wildman–Crippen LogP) is 4.09. The van der Waals surface area contributed by atoms with Crippen molar-refractivity contribution in [2.24, 2.45) is 0 Å². The van der Waals surface area contributed by atoms with E-state index in [2.05, 4.69) is 20.9 Å². The lowest BCUT2D eigenvalue weighted by atomic mass is 10.1. The summed E-state index contributed by atoms with van der Waals surface area (Å²) in [5.74, 6) is -0.755. The van der Waals surface area contributed by atoms with Gasteiger partial charge in [-0.15, -0.1) is 11.3 Å². The summed E-state index contributed by atoms with van der Waals surface area (Å²) < 4.78 is 14.1. The summed E-state index contributed by atoms with van der Waals surface area (Å²) in [6, 6.07) is 4.72. The van der Waals surface area contributed by atoms with Gasteiger partial charge in [0.1, 0.15) is 10.8 Å². The lowest BCUT2D eigenvalue weighted by molar-refractivity contribution is 0.0989. The fourth-order valence-electron chi connectivity index (χ4n) is 1.57. The highest BCUT2D eigenvalue weighted by Gasteiger charge is 2.16. The van der Waals surface area contributed by atoms with Crippen LogP contribution >= 0.6 is 27.3 Å². The van der Waals surface area contributed by atoms with Gasteiger partial charge in [0, 0.05) is 4.88 Å². The predicted molar refractivity (Wildman–Crippen MR) is 73.7 cm³/mol. The smallest absolute Gasteiger partial charge is 0.172 e. The molecule has 0 unspecified atom stereocenters. The molecule has 2 rings (SSSR count). The van der Waals surface area contributed by atoms with Gasteiger partial charge < -0.3 is 0 Å². The first-order chi connectivity index (χ1) is 8.49. The SMILES string of the molecule is Cc1nc(CC(=O)c2cccc(Br)c2F)sc1C. The van der Waals surface area contributed by atoms with Crippen LogP contribution in [0, 0.1) is 19.7 Å². The van der Waals surface area contributed by atoms with Crippen molar-refractivity contribution in [1.29, 1.82) is 0 Å². The van der Waals surface area contributed by atoms with Crippen molar-refractivity contribution in [2.75, 3.05) is 0 Å². The molecule has 0 amide bonds. The van der Waals surface area contributed by atoms with Crippen molar-refractivity contribution in [3.63, 3.8) is 0 Å². The molecule has 0 radical (unpaired) electrons. The number of benzene rings is 1. The maximum absolute atomic E-state index is 13.8. The van der Waals surface area contributed by atoms with Crippen LogP contribution in [0.25, 0.3) is 0 Å². The molecule has 0 aliphatic carbocycles. The van der Waals surface area contributed by atoms with Crippen LogP contribution in [0.2, 0.25) is 0 Å². The summed E-state index contributed by atoms with van der Waals surface area (Å²) in [5, 5.41) is 0.731. The number of ketones is 1. The van der Waals surface area contributed by atoms with Crippen LogP contribution < -0.4 is 0 Å². The van der Waals surface area contributed by atoms with E-state index in [4.69, 9.17) is 0 Å². The molecule has 0 aliphatic heterocycles. The summed E-state index contributed by atoms with van der Waals surface area (Å²) in [4.78, 5) is 17.4. The van der Waals surface area contributed by atoms with Crippen molar-refractivity contribution < 1.29 is 9.18 Å². The second-order valence-corrected chi connectivity index (χ2v) is 6.09. The highest BCUT2D eigenvalue weighted by Crippen LogP contribution is 2.22. The van der Waals surface area contributed by atoms with Crippen molar-refractivity contribution in [3.05, 3.63) is 49.6 Å². The number of carbonyl (C=O) groups is 1. The number of thiazole rings is 1. The van der Waals surface area contributed by atoms with E-state index in [1.54, 1.807) is 12.1 Å². The summed E-state index contributed by atoms with van der Waals surface area (Å²) in [6.45, 7) is 3.86. The number of halogens is 2. The Balaban J connectivity index is 2.24. The minimum Gasteiger partial charge on any atom is -0.294 e. The largest absolute Gasteiger partial charge is 0.294 e. The lowest BCUT2D eigenvalue weighted by Gasteiger charge is -2.02.